The third-order valence-electron chi connectivity index (χ3n) is 5.82. The lowest BCUT2D eigenvalue weighted by atomic mass is 9.55. The number of halogens is 1. The van der Waals surface area contributed by atoms with Gasteiger partial charge in [0.25, 0.3) is 0 Å². The topological polar surface area (TPSA) is 66.0 Å². The predicted molar refractivity (Wildman–Crippen MR) is 125 cm³/mol. The van der Waals surface area contributed by atoms with Crippen molar-refractivity contribution in [1.29, 1.82) is 0 Å². The molecule has 1 aliphatic carbocycles. The number of hydrogen-bond acceptors (Lipinski definition) is 4. The van der Waals surface area contributed by atoms with Gasteiger partial charge in [0, 0.05) is 43.0 Å². The normalized spacial score (nSPS) is 26.9. The fourth-order valence-corrected chi connectivity index (χ4v) is 4.93. The lowest BCUT2D eigenvalue weighted by Crippen LogP contribution is -2.71. The first-order chi connectivity index (χ1) is 12.8. The molecule has 6 nitrogen and oxygen atoms in total. The van der Waals surface area contributed by atoms with Gasteiger partial charge >= 0.3 is 0 Å². The molecule has 8 heteroatoms. The number of hydrogen-bond donors (Lipinski definition) is 2. The van der Waals surface area contributed by atoms with Crippen molar-refractivity contribution < 1.29 is 9.53 Å². The van der Waals surface area contributed by atoms with E-state index in [9.17, 15) is 4.79 Å². The standard InChI is InChI=1S/C20H32N4O2S.HI/c1-13(15-9-7-11-27-15)22-19(21-12-16(25)24(4)5)23-17-14-8-6-10-26-18(14)20(17,2)3;/h7,9,11,13-14,17-18H,6,8,10,12H2,1-5H3,(H2,21,22,23);1H. The number of thiophene rings is 1. The second-order valence-corrected chi connectivity index (χ2v) is 9.35. The molecule has 1 saturated carbocycles. The molecule has 1 saturated heterocycles. The highest BCUT2D eigenvalue weighted by molar-refractivity contribution is 14.0. The molecule has 1 aliphatic heterocycles. The van der Waals surface area contributed by atoms with Crippen molar-refractivity contribution in [2.75, 3.05) is 27.2 Å². The summed E-state index contributed by atoms with van der Waals surface area (Å²) in [5.74, 6) is 1.20. The van der Waals surface area contributed by atoms with Gasteiger partial charge in [0.2, 0.25) is 5.91 Å². The number of amides is 1. The lowest BCUT2D eigenvalue weighted by Gasteiger charge is -2.60. The molecule has 0 bridgehead atoms. The van der Waals surface area contributed by atoms with Crippen LogP contribution >= 0.6 is 35.3 Å². The average molecular weight is 520 g/mol. The van der Waals surface area contributed by atoms with Crippen LogP contribution in [0.3, 0.4) is 0 Å². The maximum Gasteiger partial charge on any atom is 0.243 e. The molecule has 3 rings (SSSR count). The monoisotopic (exact) mass is 520 g/mol. The Bertz CT molecular complexity index is 678. The fourth-order valence-electron chi connectivity index (χ4n) is 4.20. The van der Waals surface area contributed by atoms with E-state index in [0.717, 1.165) is 13.0 Å². The summed E-state index contributed by atoms with van der Waals surface area (Å²) in [4.78, 5) is 19.4. The summed E-state index contributed by atoms with van der Waals surface area (Å²) in [6.45, 7) is 7.63. The smallest absolute Gasteiger partial charge is 0.243 e. The van der Waals surface area contributed by atoms with Crippen molar-refractivity contribution >= 4 is 47.2 Å². The lowest BCUT2D eigenvalue weighted by molar-refractivity contribution is -0.188. The second-order valence-electron chi connectivity index (χ2n) is 8.38. The van der Waals surface area contributed by atoms with Crippen LogP contribution in [0.25, 0.3) is 0 Å². The van der Waals surface area contributed by atoms with E-state index in [1.807, 2.05) is 0 Å². The van der Waals surface area contributed by atoms with Crippen LogP contribution in [-0.2, 0) is 9.53 Å². The molecule has 28 heavy (non-hydrogen) atoms. The van der Waals surface area contributed by atoms with Gasteiger partial charge in [-0.1, -0.05) is 19.9 Å². The summed E-state index contributed by atoms with van der Waals surface area (Å²) < 4.78 is 6.01. The summed E-state index contributed by atoms with van der Waals surface area (Å²) in [6, 6.07) is 4.59. The molecule has 1 amide bonds. The molecule has 0 aromatic carbocycles. The number of carbonyl (C=O) groups excluding carboxylic acids is 1. The number of ether oxygens (including phenoxy) is 1. The molecule has 158 valence electrons. The van der Waals surface area contributed by atoms with E-state index in [2.05, 4.69) is 53.9 Å². The minimum absolute atomic E-state index is 0. The highest BCUT2D eigenvalue weighted by Crippen LogP contribution is 2.51. The number of carbonyl (C=O) groups is 1. The van der Waals surface area contributed by atoms with Crippen molar-refractivity contribution in [3.05, 3.63) is 22.4 Å². The van der Waals surface area contributed by atoms with E-state index in [-0.39, 0.29) is 47.9 Å². The van der Waals surface area contributed by atoms with Gasteiger partial charge in [0.1, 0.15) is 6.54 Å². The number of guanidine groups is 1. The van der Waals surface area contributed by atoms with Crippen LogP contribution in [0.15, 0.2) is 22.5 Å². The van der Waals surface area contributed by atoms with Crippen LogP contribution in [0.2, 0.25) is 0 Å². The Morgan fingerprint density at radius 1 is 1.46 bits per heavy atom. The molecular weight excluding hydrogens is 487 g/mol. The summed E-state index contributed by atoms with van der Waals surface area (Å²) in [6.07, 6.45) is 2.60. The van der Waals surface area contributed by atoms with E-state index >= 15 is 0 Å². The summed E-state index contributed by atoms with van der Waals surface area (Å²) in [7, 11) is 3.51. The van der Waals surface area contributed by atoms with Gasteiger partial charge in [-0.25, -0.2) is 4.99 Å². The number of nitrogens with zero attached hydrogens (tertiary/aromatic N) is 2. The van der Waals surface area contributed by atoms with Gasteiger partial charge in [-0.2, -0.15) is 0 Å². The SMILES string of the molecule is CC(NC(=NCC(=O)N(C)C)NC1C2CCCOC2C1(C)C)c1cccs1.I. The quantitative estimate of drug-likeness (QED) is 0.356. The van der Waals surface area contributed by atoms with Gasteiger partial charge in [-0.05, 0) is 31.2 Å². The zero-order chi connectivity index (χ0) is 19.6. The van der Waals surface area contributed by atoms with E-state index < -0.39 is 0 Å². The first kappa shape index (κ1) is 23.4. The summed E-state index contributed by atoms with van der Waals surface area (Å²) >= 11 is 1.72. The maximum atomic E-state index is 12.0. The van der Waals surface area contributed by atoms with E-state index in [4.69, 9.17) is 4.74 Å². The Kier molecular flexibility index (Phi) is 8.16. The van der Waals surface area contributed by atoms with E-state index in [0.29, 0.717) is 24.0 Å². The fraction of sp³-hybridized carbons (Fsp3) is 0.700. The minimum atomic E-state index is -0.00776. The molecule has 0 radical (unpaired) electrons. The summed E-state index contributed by atoms with van der Waals surface area (Å²) in [5.41, 5.74) is 0.0469. The van der Waals surface area contributed by atoms with Crippen LogP contribution in [0, 0.1) is 11.3 Å². The van der Waals surface area contributed by atoms with Gasteiger partial charge in [0.15, 0.2) is 5.96 Å². The Hall–Kier alpha value is -0.870. The van der Waals surface area contributed by atoms with Crippen molar-refractivity contribution in [3.63, 3.8) is 0 Å². The van der Waals surface area contributed by atoms with Crippen molar-refractivity contribution in [2.45, 2.75) is 51.8 Å². The van der Waals surface area contributed by atoms with Gasteiger partial charge in [0.05, 0.1) is 12.1 Å². The Balaban J connectivity index is 0.00000280. The zero-order valence-corrected chi connectivity index (χ0v) is 20.5. The van der Waals surface area contributed by atoms with Crippen LogP contribution in [0.4, 0.5) is 0 Å². The molecule has 1 aromatic heterocycles. The number of likely N-dealkylation sites (N-methyl/N-ethyl adjacent to an activating group) is 1. The van der Waals surface area contributed by atoms with E-state index in [1.165, 1.54) is 11.3 Å². The average Bonchev–Trinajstić information content (AvgIpc) is 3.18. The highest BCUT2D eigenvalue weighted by atomic mass is 127. The van der Waals surface area contributed by atoms with Crippen LogP contribution in [0.1, 0.15) is 44.5 Å². The molecule has 2 heterocycles. The maximum absolute atomic E-state index is 12.0. The highest BCUT2D eigenvalue weighted by Gasteiger charge is 2.58. The third-order valence-corrected chi connectivity index (χ3v) is 6.87. The van der Waals surface area contributed by atoms with Gasteiger partial charge in [-0.3, -0.25) is 4.79 Å². The number of nitrogens with one attached hydrogen (secondary N) is 2. The third kappa shape index (κ3) is 4.99. The Labute approximate surface area is 189 Å². The van der Waals surface area contributed by atoms with Crippen molar-refractivity contribution in [1.82, 2.24) is 15.5 Å². The van der Waals surface area contributed by atoms with E-state index in [1.54, 1.807) is 30.3 Å². The molecule has 2 fully saturated rings. The molecule has 1 aromatic rings. The van der Waals surface area contributed by atoms with Gasteiger partial charge in [-0.15, -0.1) is 35.3 Å². The molecule has 4 unspecified atom stereocenters. The number of aliphatic imine (C=N–C) groups is 1. The molecule has 0 spiro atoms. The van der Waals surface area contributed by atoms with Crippen LogP contribution < -0.4 is 10.6 Å². The first-order valence-corrected chi connectivity index (χ1v) is 10.6. The zero-order valence-electron chi connectivity index (χ0n) is 17.4. The Morgan fingerprint density at radius 3 is 2.86 bits per heavy atom. The van der Waals surface area contributed by atoms with Crippen molar-refractivity contribution in [2.24, 2.45) is 16.3 Å². The summed E-state index contributed by atoms with van der Waals surface area (Å²) in [5, 5.41) is 9.18. The Morgan fingerprint density at radius 2 is 2.21 bits per heavy atom. The predicted octanol–water partition coefficient (Wildman–Crippen LogP) is 3.25. The molecule has 2 N–H and O–H groups in total. The van der Waals surface area contributed by atoms with Gasteiger partial charge < -0.3 is 20.3 Å². The molecule has 2 aliphatic rings. The second kappa shape index (κ2) is 9.75. The molecule has 4 atom stereocenters. The van der Waals surface area contributed by atoms with Crippen LogP contribution in [0.5, 0.6) is 0 Å². The van der Waals surface area contributed by atoms with Crippen molar-refractivity contribution in [3.8, 4) is 0 Å². The number of fused-ring (bicyclic) bond motifs is 1. The van der Waals surface area contributed by atoms with Crippen LogP contribution in [-0.4, -0.2) is 56.2 Å². The minimum Gasteiger partial charge on any atom is -0.377 e. The largest absolute Gasteiger partial charge is 0.377 e. The molecular formula is C20H33IN4O2S. The first-order valence-electron chi connectivity index (χ1n) is 9.73. The number of rotatable bonds is 5.